The lowest BCUT2D eigenvalue weighted by molar-refractivity contribution is -0.385. The van der Waals surface area contributed by atoms with Crippen LogP contribution in [0.4, 0.5) is 17.1 Å². The lowest BCUT2D eigenvalue weighted by Gasteiger charge is -2.46. The number of ketones is 1. The number of carbonyl (C=O) groups excluding carboxylic acids is 3. The third kappa shape index (κ3) is 6.82. The van der Waals surface area contributed by atoms with E-state index in [0.29, 0.717) is 24.8 Å². The molecule has 48 heavy (non-hydrogen) atoms. The highest BCUT2D eigenvalue weighted by atomic mass is 16.6. The van der Waals surface area contributed by atoms with Crippen LogP contribution in [0.2, 0.25) is 0 Å². The second kappa shape index (κ2) is 13.1. The highest BCUT2D eigenvalue weighted by molar-refractivity contribution is 5.96. The van der Waals surface area contributed by atoms with Gasteiger partial charge in [-0.25, -0.2) is 9.59 Å². The van der Waals surface area contributed by atoms with E-state index in [1.807, 2.05) is 0 Å². The third-order valence-corrected chi connectivity index (χ3v) is 9.31. The molecular weight excluding hydrogens is 626 g/mol. The van der Waals surface area contributed by atoms with E-state index in [1.54, 1.807) is 0 Å². The molecule has 2 aliphatic rings. The fourth-order valence-electron chi connectivity index (χ4n) is 6.65. The molecule has 0 heterocycles. The number of Topliss-reactive ketones (excluding diaryl/α,β-unsaturated/α-hetero) is 1. The Morgan fingerprint density at radius 2 is 1.08 bits per heavy atom. The Bertz CT molecular complexity index is 1760. The Hall–Kier alpha value is -5.79. The number of non-ortho nitro benzene ring substituents is 3. The summed E-state index contributed by atoms with van der Waals surface area (Å²) in [6, 6.07) is 15.4. The molecule has 0 N–H and O–H groups in total. The maximum atomic E-state index is 13.0. The van der Waals surface area contributed by atoms with Gasteiger partial charge in [0.15, 0.2) is 5.78 Å². The summed E-state index contributed by atoms with van der Waals surface area (Å²) in [6.45, 7) is 3.88. The van der Waals surface area contributed by atoms with Gasteiger partial charge >= 0.3 is 11.9 Å². The number of hydrogen-bond donors (Lipinski definition) is 0. The van der Waals surface area contributed by atoms with Crippen molar-refractivity contribution in [3.05, 3.63) is 131 Å². The molecule has 14 nitrogen and oxygen atoms in total. The van der Waals surface area contributed by atoms with Gasteiger partial charge in [0.1, 0.15) is 13.2 Å². The Balaban J connectivity index is 1.33. The number of hydrogen-bond acceptors (Lipinski definition) is 11. The van der Waals surface area contributed by atoms with Crippen LogP contribution in [0.3, 0.4) is 0 Å². The van der Waals surface area contributed by atoms with E-state index in [0.717, 1.165) is 11.1 Å². The van der Waals surface area contributed by atoms with E-state index in [1.165, 1.54) is 72.8 Å². The number of fused-ring (bicyclic) bond motifs is 1. The van der Waals surface area contributed by atoms with E-state index >= 15 is 0 Å². The van der Waals surface area contributed by atoms with Crippen LogP contribution in [-0.2, 0) is 9.47 Å². The molecule has 2 aliphatic carbocycles. The van der Waals surface area contributed by atoms with Gasteiger partial charge in [-0.1, -0.05) is 25.0 Å². The average molecular weight is 658 g/mol. The first-order valence-corrected chi connectivity index (χ1v) is 15.0. The molecule has 14 heteroatoms. The summed E-state index contributed by atoms with van der Waals surface area (Å²) in [5.41, 5.74) is 1.18. The first kappa shape index (κ1) is 33.6. The fraction of sp³-hybridized carbons (Fsp3) is 0.324. The first-order chi connectivity index (χ1) is 22.7. The van der Waals surface area contributed by atoms with Crippen molar-refractivity contribution < 1.29 is 38.6 Å². The van der Waals surface area contributed by atoms with E-state index in [2.05, 4.69) is 13.8 Å². The molecule has 1 atom stereocenters. The van der Waals surface area contributed by atoms with Gasteiger partial charge in [-0.05, 0) is 67.0 Å². The number of nitro benzene ring substituents is 3. The van der Waals surface area contributed by atoms with Crippen LogP contribution in [0, 0.1) is 47.1 Å². The van der Waals surface area contributed by atoms with Crippen molar-refractivity contribution in [3.63, 3.8) is 0 Å². The minimum atomic E-state index is -0.825. The summed E-state index contributed by atoms with van der Waals surface area (Å²) < 4.78 is 11.4. The Morgan fingerprint density at radius 3 is 1.48 bits per heavy atom. The van der Waals surface area contributed by atoms with Gasteiger partial charge in [0.2, 0.25) is 0 Å². The summed E-state index contributed by atoms with van der Waals surface area (Å²) in [6.07, 6.45) is 1.57. The Labute approximate surface area is 273 Å². The number of nitro groups is 3. The van der Waals surface area contributed by atoms with Crippen LogP contribution in [0.5, 0.6) is 0 Å². The fourth-order valence-corrected chi connectivity index (χ4v) is 6.65. The summed E-state index contributed by atoms with van der Waals surface area (Å²) >= 11 is 0. The number of carbonyl (C=O) groups is 3. The molecule has 0 saturated heterocycles. The SMILES string of the molecule is CC1(C)C(CCC(=O)c2ccc([N+](=O)[O-])cc2)=C2CC(COC(=O)c3ccc([N+](=O)[O-])cc3)(COC(=O)c3ccc([N+](=O)[O-])cc3)CC21. The topological polar surface area (TPSA) is 199 Å². The smallest absolute Gasteiger partial charge is 0.338 e. The number of nitrogens with zero attached hydrogens (tertiary/aromatic N) is 3. The van der Waals surface area contributed by atoms with Crippen molar-refractivity contribution in [2.45, 2.75) is 39.5 Å². The van der Waals surface area contributed by atoms with Crippen LogP contribution < -0.4 is 0 Å². The molecule has 1 unspecified atom stereocenters. The van der Waals surface area contributed by atoms with Gasteiger partial charge in [0, 0.05) is 53.8 Å². The number of esters is 2. The van der Waals surface area contributed by atoms with Crippen LogP contribution >= 0.6 is 0 Å². The molecular formula is C34H31N3O11. The largest absolute Gasteiger partial charge is 0.461 e. The van der Waals surface area contributed by atoms with Gasteiger partial charge < -0.3 is 9.47 Å². The van der Waals surface area contributed by atoms with E-state index in [9.17, 15) is 44.7 Å². The number of rotatable bonds is 13. The minimum Gasteiger partial charge on any atom is -0.461 e. The van der Waals surface area contributed by atoms with Gasteiger partial charge in [0.25, 0.3) is 17.1 Å². The predicted octanol–water partition coefficient (Wildman–Crippen LogP) is 6.82. The van der Waals surface area contributed by atoms with Crippen LogP contribution in [0.15, 0.2) is 83.9 Å². The van der Waals surface area contributed by atoms with E-state index in [-0.39, 0.29) is 64.9 Å². The maximum absolute atomic E-state index is 13.0. The molecule has 0 amide bonds. The summed E-state index contributed by atoms with van der Waals surface area (Å²) in [5.74, 6) is -1.51. The van der Waals surface area contributed by atoms with Crippen molar-refractivity contribution in [1.29, 1.82) is 0 Å². The summed E-state index contributed by atoms with van der Waals surface area (Å²) in [5, 5.41) is 33.0. The molecule has 1 saturated carbocycles. The zero-order chi connectivity index (χ0) is 34.8. The quantitative estimate of drug-likeness (QED) is 0.0614. The second-order valence-electron chi connectivity index (χ2n) is 12.6. The Morgan fingerprint density at radius 1 is 0.688 bits per heavy atom. The molecule has 0 bridgehead atoms. The molecule has 1 fully saturated rings. The lowest BCUT2D eigenvalue weighted by Crippen LogP contribution is -2.37. The van der Waals surface area contributed by atoms with Crippen molar-refractivity contribution >= 4 is 34.8 Å². The van der Waals surface area contributed by atoms with E-state index in [4.69, 9.17) is 9.47 Å². The number of benzene rings is 3. The average Bonchev–Trinajstić information content (AvgIpc) is 3.43. The standard InChI is InChI=1S/C34H31N3O11/c1-33(2)28(15-16-30(38)21-3-9-24(10-4-21)35(41)42)27-17-34(18-29(27)33,19-47-31(39)22-5-11-25(12-6-22)36(43)44)20-48-32(40)23-7-13-26(14-8-23)37(45)46/h3-14,29H,15-20H2,1-2H3. The second-order valence-corrected chi connectivity index (χ2v) is 12.6. The van der Waals surface area contributed by atoms with Gasteiger partial charge in [-0.2, -0.15) is 0 Å². The molecule has 3 aromatic carbocycles. The van der Waals surface area contributed by atoms with Crippen molar-refractivity contribution in [1.82, 2.24) is 0 Å². The van der Waals surface area contributed by atoms with E-state index < -0.39 is 32.1 Å². The minimum absolute atomic E-state index is 0.0538. The molecule has 3 aromatic rings. The molecule has 0 aliphatic heterocycles. The zero-order valence-corrected chi connectivity index (χ0v) is 26.1. The molecule has 0 spiro atoms. The summed E-state index contributed by atoms with van der Waals surface area (Å²) in [4.78, 5) is 70.2. The van der Waals surface area contributed by atoms with Crippen molar-refractivity contribution in [3.8, 4) is 0 Å². The van der Waals surface area contributed by atoms with Crippen LogP contribution in [0.1, 0.15) is 70.6 Å². The third-order valence-electron chi connectivity index (χ3n) is 9.31. The monoisotopic (exact) mass is 657 g/mol. The molecule has 248 valence electrons. The normalized spacial score (nSPS) is 17.1. The van der Waals surface area contributed by atoms with Crippen molar-refractivity contribution in [2.75, 3.05) is 13.2 Å². The predicted molar refractivity (Wildman–Crippen MR) is 169 cm³/mol. The van der Waals surface area contributed by atoms with Crippen molar-refractivity contribution in [2.24, 2.45) is 16.7 Å². The number of ether oxygens (including phenoxy) is 2. The maximum Gasteiger partial charge on any atom is 0.338 e. The Kier molecular flexibility index (Phi) is 9.19. The van der Waals surface area contributed by atoms with Gasteiger partial charge in [-0.15, -0.1) is 0 Å². The highest BCUT2D eigenvalue weighted by Crippen LogP contribution is 2.64. The molecule has 5 rings (SSSR count). The summed E-state index contributed by atoms with van der Waals surface area (Å²) in [7, 11) is 0. The molecule has 0 radical (unpaired) electrons. The van der Waals surface area contributed by atoms with Crippen LogP contribution in [0.25, 0.3) is 0 Å². The molecule has 0 aromatic heterocycles. The first-order valence-electron chi connectivity index (χ1n) is 15.0. The lowest BCUT2D eigenvalue weighted by atomic mass is 9.58. The van der Waals surface area contributed by atoms with Gasteiger partial charge in [-0.3, -0.25) is 35.1 Å². The van der Waals surface area contributed by atoms with Crippen LogP contribution in [-0.4, -0.2) is 45.7 Å². The zero-order valence-electron chi connectivity index (χ0n) is 26.1. The highest BCUT2D eigenvalue weighted by Gasteiger charge is 2.57. The van der Waals surface area contributed by atoms with Gasteiger partial charge in [0.05, 0.1) is 25.9 Å². The number of allylic oxidation sites excluding steroid dienone is 2.